The van der Waals surface area contributed by atoms with E-state index in [0.717, 1.165) is 0 Å². The van der Waals surface area contributed by atoms with E-state index >= 15 is 0 Å². The molecule has 70 valence electrons. The molecule has 12 heavy (non-hydrogen) atoms. The first-order chi connectivity index (χ1) is 5.50. The Hall–Kier alpha value is -1.30. The third kappa shape index (κ3) is 2.75. The average molecular weight is 174 g/mol. The maximum absolute atomic E-state index is 10.5. The fraction of sp³-hybridized carbons (Fsp3) is 0.667. The highest BCUT2D eigenvalue weighted by Gasteiger charge is 2.18. The number of urea groups is 1. The van der Waals surface area contributed by atoms with Gasteiger partial charge in [-0.15, -0.1) is 0 Å². The quantitative estimate of drug-likeness (QED) is 0.296. The first-order valence-electron chi connectivity index (χ1n) is 3.55. The van der Waals surface area contributed by atoms with Crippen molar-refractivity contribution in [3.8, 4) is 0 Å². The van der Waals surface area contributed by atoms with Gasteiger partial charge in [-0.05, 0) is 6.42 Å². The van der Waals surface area contributed by atoms with Gasteiger partial charge in [-0.25, -0.2) is 10.6 Å². The van der Waals surface area contributed by atoms with E-state index in [1.807, 2.05) is 0 Å². The van der Waals surface area contributed by atoms with Crippen LogP contribution in [0.15, 0.2) is 0 Å². The molecule has 0 aliphatic carbocycles. The van der Waals surface area contributed by atoms with Gasteiger partial charge >= 0.3 is 6.03 Å². The van der Waals surface area contributed by atoms with Crippen molar-refractivity contribution in [1.82, 2.24) is 5.01 Å². The normalized spacial score (nSPS) is 12.2. The molecule has 2 amide bonds. The molecule has 0 radical (unpaired) electrons. The van der Waals surface area contributed by atoms with Crippen molar-refractivity contribution in [2.24, 2.45) is 11.6 Å². The zero-order valence-corrected chi connectivity index (χ0v) is 6.82. The number of nitrogens with zero attached hydrogens (tertiary/aromatic N) is 1. The lowest BCUT2D eigenvalue weighted by Crippen LogP contribution is -2.55. The zero-order valence-electron chi connectivity index (χ0n) is 6.82. The number of nitrogens with two attached hydrogens (primary N) is 2. The van der Waals surface area contributed by atoms with Gasteiger partial charge in [0.15, 0.2) is 0 Å². The van der Waals surface area contributed by atoms with E-state index in [2.05, 4.69) is 0 Å². The predicted molar refractivity (Wildman–Crippen MR) is 39.3 cm³/mol. The Balaban J connectivity index is 4.28. The van der Waals surface area contributed by atoms with Crippen LogP contribution in [0.3, 0.4) is 0 Å². The second kappa shape index (κ2) is 4.55. The highest BCUT2D eigenvalue weighted by molar-refractivity contribution is 5.80. The standard InChI is InChI=1S/C6H13N3O3/c1-2-3-4(5(10)11)9(8)6(7)12/h4H,2-3,8H2,1H3,(H2,7,12)(H,10,11)/p-1. The Morgan fingerprint density at radius 3 is 2.33 bits per heavy atom. The molecule has 0 bridgehead atoms. The summed E-state index contributed by atoms with van der Waals surface area (Å²) in [7, 11) is 0. The van der Waals surface area contributed by atoms with E-state index in [4.69, 9.17) is 11.6 Å². The van der Waals surface area contributed by atoms with E-state index < -0.39 is 18.0 Å². The average Bonchev–Trinajstić information content (AvgIpc) is 1.98. The minimum absolute atomic E-state index is 0.238. The molecule has 0 aliphatic heterocycles. The SMILES string of the molecule is CCCC(C(=O)[O-])N(N)C(N)=O. The molecule has 0 aliphatic rings. The maximum atomic E-state index is 10.5. The van der Waals surface area contributed by atoms with Crippen molar-refractivity contribution in [3.05, 3.63) is 0 Å². The molecule has 0 aromatic heterocycles. The van der Waals surface area contributed by atoms with Gasteiger partial charge < -0.3 is 15.6 Å². The van der Waals surface area contributed by atoms with Crippen LogP contribution >= 0.6 is 0 Å². The van der Waals surface area contributed by atoms with Crippen LogP contribution in [-0.4, -0.2) is 23.1 Å². The van der Waals surface area contributed by atoms with Crippen molar-refractivity contribution in [2.45, 2.75) is 25.8 Å². The molecule has 0 rings (SSSR count). The highest BCUT2D eigenvalue weighted by Crippen LogP contribution is 2.01. The number of hydrogen-bond donors (Lipinski definition) is 2. The van der Waals surface area contributed by atoms with E-state index in [1.54, 1.807) is 6.92 Å². The van der Waals surface area contributed by atoms with E-state index in [1.165, 1.54) is 0 Å². The molecule has 0 fully saturated rings. The number of carbonyl (C=O) groups is 2. The van der Waals surface area contributed by atoms with Crippen LogP contribution < -0.4 is 16.7 Å². The van der Waals surface area contributed by atoms with Gasteiger partial charge in [0.2, 0.25) is 0 Å². The van der Waals surface area contributed by atoms with Gasteiger partial charge in [0.25, 0.3) is 0 Å². The molecule has 0 saturated heterocycles. The number of carbonyl (C=O) groups excluding carboxylic acids is 2. The van der Waals surface area contributed by atoms with Crippen LogP contribution in [-0.2, 0) is 4.79 Å². The largest absolute Gasteiger partial charge is 0.548 e. The molecule has 4 N–H and O–H groups in total. The van der Waals surface area contributed by atoms with Crippen LogP contribution in [0.25, 0.3) is 0 Å². The first kappa shape index (κ1) is 10.7. The summed E-state index contributed by atoms with van der Waals surface area (Å²) < 4.78 is 0. The van der Waals surface area contributed by atoms with Gasteiger partial charge in [-0.2, -0.15) is 0 Å². The van der Waals surface area contributed by atoms with Gasteiger partial charge in [-0.1, -0.05) is 13.3 Å². The summed E-state index contributed by atoms with van der Waals surface area (Å²) >= 11 is 0. The van der Waals surface area contributed by atoms with Crippen LogP contribution in [0.1, 0.15) is 19.8 Å². The summed E-state index contributed by atoms with van der Waals surface area (Å²) in [4.78, 5) is 20.8. The molecule has 1 unspecified atom stereocenters. The van der Waals surface area contributed by atoms with Gasteiger partial charge in [0, 0.05) is 0 Å². The lowest BCUT2D eigenvalue weighted by Gasteiger charge is -2.25. The molecule has 0 saturated carbocycles. The number of amides is 2. The minimum atomic E-state index is -1.39. The number of primary amides is 1. The highest BCUT2D eigenvalue weighted by atomic mass is 16.4. The molecule has 0 aromatic carbocycles. The monoisotopic (exact) mass is 174 g/mol. The van der Waals surface area contributed by atoms with Crippen LogP contribution in [0, 0.1) is 0 Å². The molecule has 6 heteroatoms. The van der Waals surface area contributed by atoms with Crippen LogP contribution in [0.2, 0.25) is 0 Å². The number of hydrazine groups is 1. The van der Waals surface area contributed by atoms with E-state index in [0.29, 0.717) is 11.4 Å². The summed E-state index contributed by atoms with van der Waals surface area (Å²) in [6.45, 7) is 1.77. The smallest absolute Gasteiger partial charge is 0.329 e. The van der Waals surface area contributed by atoms with E-state index in [-0.39, 0.29) is 6.42 Å². The molecule has 1 atom stereocenters. The number of carboxylic acid groups (broad SMARTS) is 1. The predicted octanol–water partition coefficient (Wildman–Crippen LogP) is -1.84. The molecular formula is C6H12N3O3-. The molecule has 0 heterocycles. The summed E-state index contributed by atoms with van der Waals surface area (Å²) in [6, 6.07) is -2.11. The Morgan fingerprint density at radius 1 is 1.58 bits per heavy atom. The Bertz CT molecular complexity index is 183. The van der Waals surface area contributed by atoms with Gasteiger partial charge in [-0.3, -0.25) is 5.01 Å². The van der Waals surface area contributed by atoms with Gasteiger partial charge in [0.1, 0.15) is 0 Å². The Labute approximate surface area is 70.1 Å². The molecular weight excluding hydrogens is 162 g/mol. The molecule has 0 spiro atoms. The zero-order chi connectivity index (χ0) is 9.72. The molecule has 0 aromatic rings. The number of aliphatic carboxylic acids is 1. The van der Waals surface area contributed by atoms with Crippen molar-refractivity contribution >= 4 is 12.0 Å². The minimum Gasteiger partial charge on any atom is -0.548 e. The fourth-order valence-electron chi connectivity index (χ4n) is 0.798. The van der Waals surface area contributed by atoms with Crippen LogP contribution in [0.5, 0.6) is 0 Å². The Kier molecular flexibility index (Phi) is 4.06. The second-order valence-electron chi connectivity index (χ2n) is 2.37. The van der Waals surface area contributed by atoms with Crippen molar-refractivity contribution < 1.29 is 14.7 Å². The number of rotatable bonds is 4. The first-order valence-corrected chi connectivity index (χ1v) is 3.55. The van der Waals surface area contributed by atoms with Crippen LogP contribution in [0.4, 0.5) is 4.79 Å². The summed E-state index contributed by atoms with van der Waals surface area (Å²) in [5.74, 6) is 3.70. The van der Waals surface area contributed by atoms with Crippen molar-refractivity contribution in [3.63, 3.8) is 0 Å². The van der Waals surface area contributed by atoms with Crippen molar-refractivity contribution in [2.75, 3.05) is 0 Å². The summed E-state index contributed by atoms with van der Waals surface area (Å²) in [6.07, 6.45) is 0.821. The summed E-state index contributed by atoms with van der Waals surface area (Å²) in [5, 5.41) is 10.9. The van der Waals surface area contributed by atoms with Gasteiger partial charge in [0.05, 0.1) is 12.0 Å². The topological polar surface area (TPSA) is 112 Å². The second-order valence-corrected chi connectivity index (χ2v) is 2.37. The number of carboxylic acids is 1. The summed E-state index contributed by atoms with van der Waals surface area (Å²) in [5.41, 5.74) is 4.78. The number of hydrogen-bond acceptors (Lipinski definition) is 4. The Morgan fingerprint density at radius 2 is 2.08 bits per heavy atom. The third-order valence-electron chi connectivity index (χ3n) is 1.42. The maximum Gasteiger partial charge on any atom is 0.329 e. The lowest BCUT2D eigenvalue weighted by atomic mass is 10.1. The third-order valence-corrected chi connectivity index (χ3v) is 1.42. The fourth-order valence-corrected chi connectivity index (χ4v) is 0.798. The van der Waals surface area contributed by atoms with E-state index in [9.17, 15) is 14.7 Å². The van der Waals surface area contributed by atoms with Crippen molar-refractivity contribution in [1.29, 1.82) is 0 Å². The lowest BCUT2D eigenvalue weighted by molar-refractivity contribution is -0.311. The molecule has 6 nitrogen and oxygen atoms in total.